The molecule has 0 spiro atoms. The Hall–Kier alpha value is -1.66. The molecule has 0 radical (unpaired) electrons. The van der Waals surface area contributed by atoms with Crippen LogP contribution in [-0.2, 0) is 4.79 Å². The molecule has 22 heavy (non-hydrogen) atoms. The Labute approximate surface area is 137 Å². The summed E-state index contributed by atoms with van der Waals surface area (Å²) in [6.45, 7) is 6.28. The Morgan fingerprint density at radius 2 is 1.95 bits per heavy atom. The smallest absolute Gasteiger partial charge is 0.277 e. The van der Waals surface area contributed by atoms with Crippen LogP contribution >= 0.6 is 12.2 Å². The predicted octanol–water partition coefficient (Wildman–Crippen LogP) is -0.0195. The standard InChI is InChI=1S/C16H24N4OS/c1-13-6-4-5-7-14(13)17-16(22)20-10-8-19(9-11-20)12-15(21)18(2)3/h4-7H,8-12H2,1-3H3,(H,17,22)/p+1. The molecule has 1 aliphatic heterocycles. The number of anilines is 1. The summed E-state index contributed by atoms with van der Waals surface area (Å²) in [5.41, 5.74) is 2.25. The van der Waals surface area contributed by atoms with Crippen molar-refractivity contribution in [2.75, 3.05) is 52.1 Å². The van der Waals surface area contributed by atoms with Gasteiger partial charge < -0.3 is 20.0 Å². The molecule has 120 valence electrons. The summed E-state index contributed by atoms with van der Waals surface area (Å²) in [6, 6.07) is 8.14. The van der Waals surface area contributed by atoms with E-state index in [1.165, 1.54) is 10.5 Å². The molecule has 0 atom stereocenters. The summed E-state index contributed by atoms with van der Waals surface area (Å²) in [6.07, 6.45) is 0. The molecule has 0 aromatic heterocycles. The van der Waals surface area contributed by atoms with Crippen molar-refractivity contribution in [3.8, 4) is 0 Å². The largest absolute Gasteiger partial charge is 0.344 e. The number of nitrogens with one attached hydrogen (secondary N) is 2. The average molecular weight is 321 g/mol. The summed E-state index contributed by atoms with van der Waals surface area (Å²) in [7, 11) is 3.61. The molecule has 2 N–H and O–H groups in total. The maximum absolute atomic E-state index is 11.8. The van der Waals surface area contributed by atoms with E-state index in [0.717, 1.165) is 37.0 Å². The predicted molar refractivity (Wildman–Crippen MR) is 93.2 cm³/mol. The molecule has 1 heterocycles. The molecule has 0 bridgehead atoms. The quantitative estimate of drug-likeness (QED) is 0.768. The van der Waals surface area contributed by atoms with Crippen LogP contribution in [0.1, 0.15) is 5.56 Å². The number of hydrogen-bond acceptors (Lipinski definition) is 2. The Morgan fingerprint density at radius 1 is 1.32 bits per heavy atom. The van der Waals surface area contributed by atoms with E-state index in [0.29, 0.717) is 6.54 Å². The molecule has 5 nitrogen and oxygen atoms in total. The molecule has 1 aliphatic rings. The van der Waals surface area contributed by atoms with Crippen molar-refractivity contribution < 1.29 is 9.69 Å². The molecule has 0 saturated carbocycles. The van der Waals surface area contributed by atoms with Crippen LogP contribution in [0, 0.1) is 6.92 Å². The topological polar surface area (TPSA) is 40.0 Å². The van der Waals surface area contributed by atoms with Gasteiger partial charge in [-0.25, -0.2) is 0 Å². The molecule has 0 aliphatic carbocycles. The second kappa shape index (κ2) is 7.56. The summed E-state index contributed by atoms with van der Waals surface area (Å²) in [5.74, 6) is 0.184. The van der Waals surface area contributed by atoms with Gasteiger partial charge in [0.1, 0.15) is 0 Å². The van der Waals surface area contributed by atoms with Crippen molar-refractivity contribution in [3.05, 3.63) is 29.8 Å². The second-order valence-electron chi connectivity index (χ2n) is 5.95. The highest BCUT2D eigenvalue weighted by atomic mass is 32.1. The molecule has 1 saturated heterocycles. The van der Waals surface area contributed by atoms with Gasteiger partial charge in [-0.2, -0.15) is 0 Å². The lowest BCUT2D eigenvalue weighted by molar-refractivity contribution is -0.896. The van der Waals surface area contributed by atoms with Gasteiger partial charge in [-0.3, -0.25) is 4.79 Å². The average Bonchev–Trinajstić information content (AvgIpc) is 2.50. The lowest BCUT2D eigenvalue weighted by atomic mass is 10.2. The number of quaternary nitrogens is 1. The molecular formula is C16H25N4OS+. The van der Waals surface area contributed by atoms with E-state index >= 15 is 0 Å². The van der Waals surface area contributed by atoms with Crippen molar-refractivity contribution >= 4 is 28.9 Å². The first-order valence-corrected chi connectivity index (χ1v) is 8.03. The van der Waals surface area contributed by atoms with Crippen LogP contribution in [0.25, 0.3) is 0 Å². The lowest BCUT2D eigenvalue weighted by Gasteiger charge is -2.34. The van der Waals surface area contributed by atoms with Gasteiger partial charge in [-0.1, -0.05) is 18.2 Å². The first-order valence-electron chi connectivity index (χ1n) is 7.62. The maximum Gasteiger partial charge on any atom is 0.277 e. The van der Waals surface area contributed by atoms with Gasteiger partial charge >= 0.3 is 0 Å². The minimum atomic E-state index is 0.184. The van der Waals surface area contributed by atoms with Crippen LogP contribution in [0.4, 0.5) is 5.69 Å². The normalized spacial score (nSPS) is 15.5. The number of carbonyl (C=O) groups excluding carboxylic acids is 1. The fourth-order valence-electron chi connectivity index (χ4n) is 2.48. The van der Waals surface area contributed by atoms with Crippen LogP contribution in [0.2, 0.25) is 0 Å². The SMILES string of the molecule is Cc1ccccc1NC(=S)N1CC[NH+](CC(=O)N(C)C)CC1. The first kappa shape index (κ1) is 16.7. The lowest BCUT2D eigenvalue weighted by Crippen LogP contribution is -3.15. The number of aryl methyl sites for hydroxylation is 1. The summed E-state index contributed by atoms with van der Waals surface area (Å²) >= 11 is 5.51. The van der Waals surface area contributed by atoms with E-state index in [-0.39, 0.29) is 5.91 Å². The number of para-hydroxylation sites is 1. The van der Waals surface area contributed by atoms with E-state index < -0.39 is 0 Å². The number of carbonyl (C=O) groups is 1. The minimum Gasteiger partial charge on any atom is -0.344 e. The van der Waals surface area contributed by atoms with Crippen LogP contribution in [0.15, 0.2) is 24.3 Å². The number of thiocarbonyl (C=S) groups is 1. The zero-order valence-corrected chi connectivity index (χ0v) is 14.4. The zero-order chi connectivity index (χ0) is 16.1. The highest BCUT2D eigenvalue weighted by Crippen LogP contribution is 2.13. The third kappa shape index (κ3) is 4.42. The van der Waals surface area contributed by atoms with Crippen molar-refractivity contribution in [2.45, 2.75) is 6.92 Å². The van der Waals surface area contributed by atoms with Crippen molar-refractivity contribution in [2.24, 2.45) is 0 Å². The fourth-order valence-corrected chi connectivity index (χ4v) is 2.77. The number of nitrogens with zero attached hydrogens (tertiary/aromatic N) is 2. The van der Waals surface area contributed by atoms with E-state index in [9.17, 15) is 4.79 Å². The molecular weight excluding hydrogens is 296 g/mol. The molecule has 6 heteroatoms. The Bertz CT molecular complexity index is 539. The summed E-state index contributed by atoms with van der Waals surface area (Å²) in [5, 5.41) is 4.10. The van der Waals surface area contributed by atoms with E-state index in [1.807, 2.05) is 18.2 Å². The van der Waals surface area contributed by atoms with E-state index in [1.54, 1.807) is 19.0 Å². The molecule has 1 aromatic carbocycles. The van der Waals surface area contributed by atoms with Gasteiger partial charge in [0.2, 0.25) is 0 Å². The molecule has 2 rings (SSSR count). The highest BCUT2D eigenvalue weighted by Gasteiger charge is 2.24. The van der Waals surface area contributed by atoms with Crippen molar-refractivity contribution in [1.82, 2.24) is 9.80 Å². The van der Waals surface area contributed by atoms with Crippen LogP contribution in [0.5, 0.6) is 0 Å². The third-order valence-corrected chi connectivity index (χ3v) is 4.40. The number of piperazine rings is 1. The van der Waals surface area contributed by atoms with Gasteiger partial charge in [0.25, 0.3) is 5.91 Å². The van der Waals surface area contributed by atoms with Crippen LogP contribution < -0.4 is 10.2 Å². The Kier molecular flexibility index (Phi) is 5.74. The Balaban J connectivity index is 1.83. The van der Waals surface area contributed by atoms with E-state index in [4.69, 9.17) is 12.2 Å². The first-order chi connectivity index (χ1) is 10.5. The van der Waals surface area contributed by atoms with Gasteiger partial charge in [-0.05, 0) is 30.8 Å². The second-order valence-corrected chi connectivity index (χ2v) is 6.33. The summed E-state index contributed by atoms with van der Waals surface area (Å²) in [4.78, 5) is 16.9. The molecule has 1 aromatic rings. The minimum absolute atomic E-state index is 0.184. The van der Waals surface area contributed by atoms with Crippen LogP contribution in [0.3, 0.4) is 0 Å². The van der Waals surface area contributed by atoms with Gasteiger partial charge in [0.05, 0.1) is 26.2 Å². The van der Waals surface area contributed by atoms with Crippen molar-refractivity contribution in [1.29, 1.82) is 0 Å². The number of benzene rings is 1. The molecule has 1 amide bonds. The van der Waals surface area contributed by atoms with Gasteiger partial charge in [0, 0.05) is 19.8 Å². The van der Waals surface area contributed by atoms with Gasteiger partial charge in [0.15, 0.2) is 11.7 Å². The van der Waals surface area contributed by atoms with Crippen LogP contribution in [-0.4, -0.2) is 67.6 Å². The van der Waals surface area contributed by atoms with Crippen molar-refractivity contribution in [3.63, 3.8) is 0 Å². The summed E-state index contributed by atoms with van der Waals surface area (Å²) < 4.78 is 0. The number of likely N-dealkylation sites (N-methyl/N-ethyl adjacent to an activating group) is 1. The van der Waals surface area contributed by atoms with E-state index in [2.05, 4.69) is 23.2 Å². The zero-order valence-electron chi connectivity index (χ0n) is 13.6. The number of hydrogen-bond donors (Lipinski definition) is 2. The highest BCUT2D eigenvalue weighted by molar-refractivity contribution is 7.80. The molecule has 1 fully saturated rings. The Morgan fingerprint density at radius 3 is 2.55 bits per heavy atom. The maximum atomic E-state index is 11.8. The number of amides is 1. The monoisotopic (exact) mass is 321 g/mol. The molecule has 0 unspecified atom stereocenters. The number of rotatable bonds is 3. The van der Waals surface area contributed by atoms with Gasteiger partial charge in [-0.15, -0.1) is 0 Å². The third-order valence-electron chi connectivity index (χ3n) is 4.04. The fraction of sp³-hybridized carbons (Fsp3) is 0.500.